The number of nitrogens with zero attached hydrogens (tertiary/aromatic N) is 3. The van der Waals surface area contributed by atoms with Gasteiger partial charge in [0.25, 0.3) is 5.91 Å². The monoisotopic (exact) mass is 314 g/mol. The van der Waals surface area contributed by atoms with E-state index in [9.17, 15) is 9.59 Å². The fraction of sp³-hybridized carbons (Fsp3) is 0.375. The maximum atomic E-state index is 12.4. The summed E-state index contributed by atoms with van der Waals surface area (Å²) < 4.78 is 0. The summed E-state index contributed by atoms with van der Waals surface area (Å²) in [5.41, 5.74) is 2.38. The summed E-state index contributed by atoms with van der Waals surface area (Å²) in [6.45, 7) is 3.16. The molecule has 7 nitrogen and oxygen atoms in total. The van der Waals surface area contributed by atoms with Gasteiger partial charge in [-0.15, -0.1) is 0 Å². The van der Waals surface area contributed by atoms with Crippen LogP contribution in [0.5, 0.6) is 0 Å². The molecule has 3 rings (SSSR count). The zero-order valence-corrected chi connectivity index (χ0v) is 12.8. The van der Waals surface area contributed by atoms with Gasteiger partial charge in [-0.2, -0.15) is 15.4 Å². The molecule has 23 heavy (non-hydrogen) atoms. The molecule has 2 N–H and O–H groups in total. The summed E-state index contributed by atoms with van der Waals surface area (Å²) in [6.07, 6.45) is 1.77. The molecule has 1 saturated heterocycles. The van der Waals surface area contributed by atoms with Crippen molar-refractivity contribution in [1.29, 1.82) is 0 Å². The molecule has 1 aromatic carbocycles. The Morgan fingerprint density at radius 2 is 2.04 bits per heavy atom. The van der Waals surface area contributed by atoms with Gasteiger partial charge in [0.15, 0.2) is 5.69 Å². The summed E-state index contributed by atoms with van der Waals surface area (Å²) in [4.78, 5) is 25.0. The predicted molar refractivity (Wildman–Crippen MR) is 82.2 cm³/mol. The molecule has 1 aromatic heterocycles. The van der Waals surface area contributed by atoms with Crippen LogP contribution >= 0.6 is 0 Å². The van der Waals surface area contributed by atoms with Crippen LogP contribution in [-0.4, -0.2) is 50.4 Å². The number of hydrogen-bond acceptors (Lipinski definition) is 4. The van der Waals surface area contributed by atoms with E-state index in [2.05, 4.69) is 15.4 Å². The van der Waals surface area contributed by atoms with E-state index in [0.29, 0.717) is 36.0 Å². The van der Waals surface area contributed by atoms with E-state index in [4.69, 9.17) is 5.11 Å². The van der Waals surface area contributed by atoms with Crippen LogP contribution in [0.3, 0.4) is 0 Å². The minimum absolute atomic E-state index is 0.0834. The standard InChI is InChI=1S/C16H18N4O3/c1-10-14(18-19-17-10)15(21)20-7-6-12(9-20)8-11-2-4-13(5-3-11)16(22)23/h2-5,12H,6-9H2,1H3,(H,22,23)(H,17,18,19). The van der Waals surface area contributed by atoms with Gasteiger partial charge < -0.3 is 10.0 Å². The van der Waals surface area contributed by atoms with Crippen molar-refractivity contribution in [2.24, 2.45) is 5.92 Å². The molecule has 120 valence electrons. The first-order chi connectivity index (χ1) is 11.0. The Hall–Kier alpha value is -2.70. The molecule has 1 aliphatic rings. The SMILES string of the molecule is Cc1n[nH]nc1C(=O)N1CCC(Cc2ccc(C(=O)O)cc2)C1. The Morgan fingerprint density at radius 3 is 2.65 bits per heavy atom. The van der Waals surface area contributed by atoms with E-state index in [1.165, 1.54) is 0 Å². The van der Waals surface area contributed by atoms with Crippen LogP contribution in [0, 0.1) is 12.8 Å². The number of nitrogens with one attached hydrogen (secondary N) is 1. The number of carboxylic acid groups (broad SMARTS) is 1. The molecule has 2 heterocycles. The van der Waals surface area contributed by atoms with Crippen LogP contribution in [0.4, 0.5) is 0 Å². The van der Waals surface area contributed by atoms with E-state index in [1.54, 1.807) is 24.0 Å². The van der Waals surface area contributed by atoms with Crippen molar-refractivity contribution < 1.29 is 14.7 Å². The van der Waals surface area contributed by atoms with Gasteiger partial charge in [-0.3, -0.25) is 4.79 Å². The van der Waals surface area contributed by atoms with Gasteiger partial charge in [0.2, 0.25) is 0 Å². The third-order valence-corrected chi connectivity index (χ3v) is 4.22. The molecule has 1 amide bonds. The van der Waals surface area contributed by atoms with E-state index in [1.807, 2.05) is 12.1 Å². The summed E-state index contributed by atoms with van der Waals surface area (Å²) in [7, 11) is 0. The van der Waals surface area contributed by atoms with Crippen molar-refractivity contribution in [2.75, 3.05) is 13.1 Å². The van der Waals surface area contributed by atoms with Crippen molar-refractivity contribution in [1.82, 2.24) is 20.3 Å². The highest BCUT2D eigenvalue weighted by Gasteiger charge is 2.29. The van der Waals surface area contributed by atoms with Crippen LogP contribution < -0.4 is 0 Å². The third-order valence-electron chi connectivity index (χ3n) is 4.22. The fourth-order valence-electron chi connectivity index (χ4n) is 2.94. The highest BCUT2D eigenvalue weighted by atomic mass is 16.4. The second-order valence-corrected chi connectivity index (χ2v) is 5.87. The minimum atomic E-state index is -0.919. The number of aryl methyl sites for hydroxylation is 1. The Balaban J connectivity index is 1.60. The Bertz CT molecular complexity index is 723. The topological polar surface area (TPSA) is 99.2 Å². The molecular weight excluding hydrogens is 296 g/mol. The minimum Gasteiger partial charge on any atom is -0.478 e. The van der Waals surface area contributed by atoms with Crippen LogP contribution in [0.25, 0.3) is 0 Å². The summed E-state index contributed by atoms with van der Waals surface area (Å²) >= 11 is 0. The smallest absolute Gasteiger partial charge is 0.335 e. The first-order valence-corrected chi connectivity index (χ1v) is 7.53. The average Bonchev–Trinajstić information content (AvgIpc) is 3.16. The number of aromatic amines is 1. The normalized spacial score (nSPS) is 17.4. The molecule has 1 fully saturated rings. The molecule has 1 aliphatic heterocycles. The van der Waals surface area contributed by atoms with Crippen molar-refractivity contribution in [3.05, 3.63) is 46.8 Å². The average molecular weight is 314 g/mol. The second kappa shape index (κ2) is 6.20. The lowest BCUT2D eigenvalue weighted by atomic mass is 9.98. The number of aromatic nitrogens is 3. The largest absolute Gasteiger partial charge is 0.478 e. The Labute approximate surface area is 133 Å². The van der Waals surface area contributed by atoms with E-state index in [0.717, 1.165) is 18.4 Å². The highest BCUT2D eigenvalue weighted by molar-refractivity contribution is 5.93. The molecular formula is C16H18N4O3. The molecule has 2 aromatic rings. The first kappa shape index (κ1) is 15.2. The number of carbonyl (C=O) groups is 2. The zero-order valence-electron chi connectivity index (χ0n) is 12.8. The number of carboxylic acids is 1. The number of carbonyl (C=O) groups excluding carboxylic acids is 1. The maximum absolute atomic E-state index is 12.4. The van der Waals surface area contributed by atoms with Gasteiger partial charge in [0.1, 0.15) is 0 Å². The van der Waals surface area contributed by atoms with Crippen molar-refractivity contribution in [3.8, 4) is 0 Å². The van der Waals surface area contributed by atoms with Crippen LogP contribution in [0.1, 0.15) is 38.5 Å². The number of rotatable bonds is 4. The Kier molecular flexibility index (Phi) is 4.10. The lowest BCUT2D eigenvalue weighted by Gasteiger charge is -2.15. The molecule has 0 aliphatic carbocycles. The summed E-state index contributed by atoms with van der Waals surface area (Å²) in [6, 6.07) is 6.92. The number of aromatic carboxylic acids is 1. The maximum Gasteiger partial charge on any atom is 0.335 e. The molecule has 0 bridgehead atoms. The lowest BCUT2D eigenvalue weighted by molar-refractivity contribution is 0.0696. The van der Waals surface area contributed by atoms with Crippen molar-refractivity contribution >= 4 is 11.9 Å². The first-order valence-electron chi connectivity index (χ1n) is 7.53. The van der Waals surface area contributed by atoms with Crippen LogP contribution in [0.2, 0.25) is 0 Å². The van der Waals surface area contributed by atoms with Gasteiger partial charge in [-0.25, -0.2) is 4.79 Å². The molecule has 0 spiro atoms. The van der Waals surface area contributed by atoms with Gasteiger partial charge in [-0.05, 0) is 43.4 Å². The highest BCUT2D eigenvalue weighted by Crippen LogP contribution is 2.22. The summed E-state index contributed by atoms with van der Waals surface area (Å²) in [5.74, 6) is -0.626. The van der Waals surface area contributed by atoms with Crippen molar-refractivity contribution in [3.63, 3.8) is 0 Å². The van der Waals surface area contributed by atoms with Gasteiger partial charge in [0, 0.05) is 13.1 Å². The number of amides is 1. The van der Waals surface area contributed by atoms with E-state index < -0.39 is 5.97 Å². The number of benzene rings is 1. The van der Waals surface area contributed by atoms with Crippen molar-refractivity contribution in [2.45, 2.75) is 19.8 Å². The lowest BCUT2D eigenvalue weighted by Crippen LogP contribution is -2.29. The quantitative estimate of drug-likeness (QED) is 0.891. The molecule has 7 heteroatoms. The van der Waals surface area contributed by atoms with Gasteiger partial charge in [-0.1, -0.05) is 12.1 Å². The summed E-state index contributed by atoms with van der Waals surface area (Å²) in [5, 5.41) is 19.2. The second-order valence-electron chi connectivity index (χ2n) is 5.87. The van der Waals surface area contributed by atoms with Gasteiger partial charge in [0.05, 0.1) is 11.3 Å². The Morgan fingerprint density at radius 1 is 1.30 bits per heavy atom. The number of likely N-dealkylation sites (tertiary alicyclic amines) is 1. The fourth-order valence-corrected chi connectivity index (χ4v) is 2.94. The van der Waals surface area contributed by atoms with E-state index >= 15 is 0 Å². The zero-order chi connectivity index (χ0) is 16.4. The molecule has 0 saturated carbocycles. The molecule has 0 radical (unpaired) electrons. The van der Waals surface area contributed by atoms with Gasteiger partial charge >= 0.3 is 5.97 Å². The predicted octanol–water partition coefficient (Wildman–Crippen LogP) is 1.52. The number of hydrogen-bond donors (Lipinski definition) is 2. The number of H-pyrrole nitrogens is 1. The van der Waals surface area contributed by atoms with E-state index in [-0.39, 0.29) is 5.91 Å². The molecule has 1 atom stereocenters. The van der Waals surface area contributed by atoms with Crippen LogP contribution in [-0.2, 0) is 6.42 Å². The van der Waals surface area contributed by atoms with Crippen LogP contribution in [0.15, 0.2) is 24.3 Å². The third kappa shape index (κ3) is 3.23. The molecule has 1 unspecified atom stereocenters.